The molecule has 22 heavy (non-hydrogen) atoms. The van der Waals surface area contributed by atoms with Gasteiger partial charge in [-0.1, -0.05) is 18.2 Å². The standard InChI is InChI=1S/C17H17N5/c18-17(19)15-3-1-2-14(10-15)12-22-9-8-21-16(22)11-13-4-6-20-7-5-13/h1-10H,11-12H2,(H3,18,19). The van der Waals surface area contributed by atoms with Gasteiger partial charge < -0.3 is 10.3 Å². The highest BCUT2D eigenvalue weighted by molar-refractivity contribution is 5.95. The molecule has 3 rings (SSSR count). The van der Waals surface area contributed by atoms with Gasteiger partial charge in [0.1, 0.15) is 11.7 Å². The average molecular weight is 291 g/mol. The number of hydrogen-bond acceptors (Lipinski definition) is 3. The molecular weight excluding hydrogens is 274 g/mol. The summed E-state index contributed by atoms with van der Waals surface area (Å²) < 4.78 is 2.11. The zero-order valence-electron chi connectivity index (χ0n) is 12.1. The van der Waals surface area contributed by atoms with Crippen LogP contribution in [0.2, 0.25) is 0 Å². The van der Waals surface area contributed by atoms with Crippen molar-refractivity contribution < 1.29 is 0 Å². The summed E-state index contributed by atoms with van der Waals surface area (Å²) in [6.07, 6.45) is 8.13. The molecule has 0 atom stereocenters. The maximum Gasteiger partial charge on any atom is 0.122 e. The molecule has 5 heteroatoms. The molecule has 0 fully saturated rings. The molecule has 3 N–H and O–H groups in total. The van der Waals surface area contributed by atoms with Crippen molar-refractivity contribution >= 4 is 5.84 Å². The first kappa shape index (κ1) is 14.0. The molecule has 0 saturated carbocycles. The van der Waals surface area contributed by atoms with Crippen LogP contribution in [0.4, 0.5) is 0 Å². The van der Waals surface area contributed by atoms with E-state index < -0.39 is 0 Å². The van der Waals surface area contributed by atoms with Gasteiger partial charge in [0.25, 0.3) is 0 Å². The molecule has 0 saturated heterocycles. The molecule has 3 aromatic rings. The maximum absolute atomic E-state index is 7.53. The van der Waals surface area contributed by atoms with E-state index in [2.05, 4.69) is 14.5 Å². The van der Waals surface area contributed by atoms with E-state index in [4.69, 9.17) is 11.1 Å². The van der Waals surface area contributed by atoms with Gasteiger partial charge in [-0.2, -0.15) is 0 Å². The van der Waals surface area contributed by atoms with Crippen LogP contribution in [0.1, 0.15) is 22.5 Å². The van der Waals surface area contributed by atoms with Crippen LogP contribution in [-0.4, -0.2) is 20.4 Å². The first-order valence-electron chi connectivity index (χ1n) is 7.04. The summed E-state index contributed by atoms with van der Waals surface area (Å²) in [4.78, 5) is 8.47. The Morgan fingerprint density at radius 3 is 2.68 bits per heavy atom. The lowest BCUT2D eigenvalue weighted by molar-refractivity contribution is 0.740. The van der Waals surface area contributed by atoms with E-state index in [1.54, 1.807) is 12.4 Å². The van der Waals surface area contributed by atoms with Crippen LogP contribution in [-0.2, 0) is 13.0 Å². The van der Waals surface area contributed by atoms with E-state index in [0.717, 1.165) is 23.4 Å². The zero-order valence-corrected chi connectivity index (χ0v) is 12.1. The van der Waals surface area contributed by atoms with Crippen molar-refractivity contribution in [1.29, 1.82) is 5.41 Å². The van der Waals surface area contributed by atoms with Gasteiger partial charge in [0.2, 0.25) is 0 Å². The summed E-state index contributed by atoms with van der Waals surface area (Å²) in [5.74, 6) is 1.09. The molecule has 0 amide bonds. The normalized spacial score (nSPS) is 10.5. The predicted octanol–water partition coefficient (Wildman–Crippen LogP) is 2.20. The molecule has 0 spiro atoms. The molecule has 0 unspecified atom stereocenters. The van der Waals surface area contributed by atoms with Crippen LogP contribution in [0.25, 0.3) is 0 Å². The van der Waals surface area contributed by atoms with Crippen LogP contribution in [0.3, 0.4) is 0 Å². The van der Waals surface area contributed by atoms with Crippen molar-refractivity contribution in [2.75, 3.05) is 0 Å². The van der Waals surface area contributed by atoms with E-state index in [9.17, 15) is 0 Å². The molecule has 0 radical (unpaired) electrons. The topological polar surface area (TPSA) is 80.6 Å². The van der Waals surface area contributed by atoms with E-state index in [0.29, 0.717) is 6.54 Å². The molecule has 110 valence electrons. The first-order valence-corrected chi connectivity index (χ1v) is 7.04. The van der Waals surface area contributed by atoms with Gasteiger partial charge in [-0.25, -0.2) is 4.98 Å². The number of nitrogens with two attached hydrogens (primary N) is 1. The second-order valence-electron chi connectivity index (χ2n) is 5.12. The number of rotatable bonds is 5. The molecule has 0 bridgehead atoms. The Bertz CT molecular complexity index is 777. The van der Waals surface area contributed by atoms with Gasteiger partial charge in [0.05, 0.1) is 0 Å². The quantitative estimate of drug-likeness (QED) is 0.558. The Morgan fingerprint density at radius 2 is 1.91 bits per heavy atom. The fourth-order valence-corrected chi connectivity index (χ4v) is 2.37. The fourth-order valence-electron chi connectivity index (χ4n) is 2.37. The number of aromatic nitrogens is 3. The number of nitrogens with zero attached hydrogens (tertiary/aromatic N) is 3. The third-order valence-corrected chi connectivity index (χ3v) is 3.50. The molecule has 2 heterocycles. The summed E-state index contributed by atoms with van der Waals surface area (Å²) in [7, 11) is 0. The second-order valence-corrected chi connectivity index (χ2v) is 5.12. The number of amidine groups is 1. The van der Waals surface area contributed by atoms with E-state index >= 15 is 0 Å². The molecule has 1 aromatic carbocycles. The van der Waals surface area contributed by atoms with E-state index in [1.807, 2.05) is 48.8 Å². The SMILES string of the molecule is N=C(N)c1cccc(Cn2ccnc2Cc2ccncc2)c1. The summed E-state index contributed by atoms with van der Waals surface area (Å²) in [6, 6.07) is 11.7. The minimum atomic E-state index is 0.0875. The van der Waals surface area contributed by atoms with Crippen molar-refractivity contribution in [3.8, 4) is 0 Å². The van der Waals surface area contributed by atoms with E-state index in [-0.39, 0.29) is 5.84 Å². The lowest BCUT2D eigenvalue weighted by Crippen LogP contribution is -2.12. The zero-order chi connectivity index (χ0) is 15.4. The van der Waals surface area contributed by atoms with Gasteiger partial charge in [-0.15, -0.1) is 0 Å². The molecule has 0 aliphatic rings. The third kappa shape index (κ3) is 3.20. The highest BCUT2D eigenvalue weighted by Gasteiger charge is 2.06. The van der Waals surface area contributed by atoms with Crippen LogP contribution in [0.5, 0.6) is 0 Å². The maximum atomic E-state index is 7.53. The first-order chi connectivity index (χ1) is 10.7. The molecular formula is C17H17N5. The number of imidazole rings is 1. The van der Waals surface area contributed by atoms with Gasteiger partial charge >= 0.3 is 0 Å². The van der Waals surface area contributed by atoms with Crippen LogP contribution in [0, 0.1) is 5.41 Å². The van der Waals surface area contributed by atoms with Crippen molar-refractivity contribution in [3.05, 3.63) is 83.7 Å². The van der Waals surface area contributed by atoms with E-state index in [1.165, 1.54) is 5.56 Å². The lowest BCUT2D eigenvalue weighted by atomic mass is 10.1. The number of benzene rings is 1. The Balaban J connectivity index is 1.80. The minimum Gasteiger partial charge on any atom is -0.384 e. The van der Waals surface area contributed by atoms with Crippen molar-refractivity contribution in [3.63, 3.8) is 0 Å². The Hall–Kier alpha value is -2.95. The molecule has 0 aliphatic carbocycles. The Labute approximate surface area is 129 Å². The Kier molecular flexibility index (Phi) is 3.96. The highest BCUT2D eigenvalue weighted by Crippen LogP contribution is 2.11. The van der Waals surface area contributed by atoms with Gasteiger partial charge in [-0.3, -0.25) is 10.4 Å². The van der Waals surface area contributed by atoms with Crippen molar-refractivity contribution in [1.82, 2.24) is 14.5 Å². The Morgan fingerprint density at radius 1 is 1.09 bits per heavy atom. The average Bonchev–Trinajstić information content (AvgIpc) is 2.95. The fraction of sp³-hybridized carbons (Fsp3) is 0.118. The highest BCUT2D eigenvalue weighted by atomic mass is 15.1. The van der Waals surface area contributed by atoms with Crippen molar-refractivity contribution in [2.24, 2.45) is 5.73 Å². The predicted molar refractivity (Wildman–Crippen MR) is 85.8 cm³/mol. The second kappa shape index (κ2) is 6.22. The van der Waals surface area contributed by atoms with Crippen LogP contribution >= 0.6 is 0 Å². The van der Waals surface area contributed by atoms with Crippen LogP contribution in [0.15, 0.2) is 61.2 Å². The summed E-state index contributed by atoms with van der Waals surface area (Å²) in [5, 5.41) is 7.53. The molecule has 0 aliphatic heterocycles. The largest absolute Gasteiger partial charge is 0.384 e. The van der Waals surface area contributed by atoms with Gasteiger partial charge in [-0.05, 0) is 29.3 Å². The molecule has 2 aromatic heterocycles. The smallest absolute Gasteiger partial charge is 0.122 e. The number of pyridine rings is 1. The third-order valence-electron chi connectivity index (χ3n) is 3.50. The molecule has 5 nitrogen and oxygen atoms in total. The van der Waals surface area contributed by atoms with Crippen LogP contribution < -0.4 is 5.73 Å². The van der Waals surface area contributed by atoms with Gasteiger partial charge in [0.15, 0.2) is 0 Å². The monoisotopic (exact) mass is 291 g/mol. The summed E-state index contributed by atoms with van der Waals surface area (Å²) in [5.41, 5.74) is 8.57. The number of nitrogens with one attached hydrogen (secondary N) is 1. The van der Waals surface area contributed by atoms with Crippen molar-refractivity contribution in [2.45, 2.75) is 13.0 Å². The lowest BCUT2D eigenvalue weighted by Gasteiger charge is -2.09. The summed E-state index contributed by atoms with van der Waals surface area (Å²) in [6.45, 7) is 0.710. The number of nitrogen functional groups attached to an aromatic ring is 1. The van der Waals surface area contributed by atoms with Gasteiger partial charge in [0, 0.05) is 43.3 Å². The number of hydrogen-bond donors (Lipinski definition) is 2. The minimum absolute atomic E-state index is 0.0875. The summed E-state index contributed by atoms with van der Waals surface area (Å²) >= 11 is 0.